The number of aliphatic hydroxyl groups excluding tert-OH is 1. The van der Waals surface area contributed by atoms with Gasteiger partial charge in [-0.05, 0) is 67.0 Å². The molecule has 9 nitrogen and oxygen atoms in total. The number of hydrogen-bond donors (Lipinski definition) is 1. The van der Waals surface area contributed by atoms with Gasteiger partial charge in [-0.3, -0.25) is 14.4 Å². The van der Waals surface area contributed by atoms with Crippen LogP contribution in [0.15, 0.2) is 55.1 Å². The normalized spacial score (nSPS) is 27.9. The van der Waals surface area contributed by atoms with Crippen molar-refractivity contribution in [2.24, 2.45) is 11.8 Å². The topological polar surface area (TPSA) is 99.6 Å². The van der Waals surface area contributed by atoms with E-state index in [2.05, 4.69) is 27.4 Å². The van der Waals surface area contributed by atoms with Crippen LogP contribution in [0.4, 0.5) is 11.4 Å². The third-order valence-electron chi connectivity index (χ3n) is 11.0. The van der Waals surface area contributed by atoms with Crippen LogP contribution >= 0.6 is 0 Å². The lowest BCUT2D eigenvalue weighted by atomic mass is 9.63. The molecule has 6 rings (SSSR count). The zero-order chi connectivity index (χ0) is 32.8. The molecule has 4 aliphatic rings. The van der Waals surface area contributed by atoms with Gasteiger partial charge in [0.25, 0.3) is 5.91 Å². The summed E-state index contributed by atoms with van der Waals surface area (Å²) in [4.78, 5) is 47.0. The molecule has 0 bridgehead atoms. The van der Waals surface area contributed by atoms with E-state index in [1.807, 2.05) is 47.4 Å². The molecule has 0 aromatic heterocycles. The summed E-state index contributed by atoms with van der Waals surface area (Å²) in [7, 11) is 1.64. The minimum atomic E-state index is -1.35. The van der Waals surface area contributed by atoms with Gasteiger partial charge in [-0.15, -0.1) is 6.58 Å². The Labute approximate surface area is 272 Å². The van der Waals surface area contributed by atoms with Gasteiger partial charge in [-0.2, -0.15) is 0 Å². The molecule has 9 heteroatoms. The minimum Gasteiger partial charge on any atom is -0.497 e. The molecule has 4 aliphatic heterocycles. The zero-order valence-electron chi connectivity index (χ0n) is 27.5. The highest BCUT2D eigenvalue weighted by molar-refractivity contribution is 6.08. The summed E-state index contributed by atoms with van der Waals surface area (Å²) in [6.07, 6.45) is 5.16. The lowest BCUT2D eigenvalue weighted by molar-refractivity contribution is -0.150. The van der Waals surface area contributed by atoms with Crippen molar-refractivity contribution in [2.75, 3.05) is 43.2 Å². The molecule has 4 heterocycles. The number of fused-ring (bicyclic) bond motifs is 2. The van der Waals surface area contributed by atoms with E-state index in [1.54, 1.807) is 23.0 Å². The van der Waals surface area contributed by atoms with Crippen molar-refractivity contribution in [1.82, 2.24) is 4.90 Å². The van der Waals surface area contributed by atoms with Gasteiger partial charge in [0.15, 0.2) is 5.60 Å². The number of carbonyl (C=O) groups excluding carboxylic acids is 3. The van der Waals surface area contributed by atoms with Crippen LogP contribution in [0.2, 0.25) is 0 Å². The number of amides is 3. The lowest BCUT2D eigenvalue weighted by Crippen LogP contribution is -2.46. The largest absolute Gasteiger partial charge is 0.497 e. The maximum Gasteiger partial charge on any atom is 0.264 e. The van der Waals surface area contributed by atoms with Crippen molar-refractivity contribution >= 4 is 29.1 Å². The van der Waals surface area contributed by atoms with Gasteiger partial charge in [0, 0.05) is 49.1 Å². The number of ether oxygens (including phenoxy) is 2. The zero-order valence-corrected chi connectivity index (χ0v) is 27.5. The average molecular weight is 630 g/mol. The van der Waals surface area contributed by atoms with Gasteiger partial charge in [-0.1, -0.05) is 39.0 Å². The van der Waals surface area contributed by atoms with Crippen molar-refractivity contribution in [3.05, 3.63) is 66.2 Å². The Morgan fingerprint density at radius 3 is 2.57 bits per heavy atom. The molecule has 2 aromatic carbocycles. The fraction of sp³-hybridized carbons (Fsp3) is 0.541. The second-order valence-electron chi connectivity index (χ2n) is 13.8. The third-order valence-corrected chi connectivity index (χ3v) is 11.0. The summed E-state index contributed by atoms with van der Waals surface area (Å²) >= 11 is 0. The van der Waals surface area contributed by atoms with E-state index in [0.717, 1.165) is 53.9 Å². The third kappa shape index (κ3) is 5.12. The summed E-state index contributed by atoms with van der Waals surface area (Å²) in [5.74, 6) is 0.0320. The summed E-state index contributed by atoms with van der Waals surface area (Å²) < 4.78 is 12.5. The quantitative estimate of drug-likeness (QED) is 0.395. The van der Waals surface area contributed by atoms with E-state index in [4.69, 9.17) is 9.47 Å². The highest BCUT2D eigenvalue weighted by Crippen LogP contribution is 2.60. The number of aliphatic hydroxyl groups is 1. The first-order valence-electron chi connectivity index (χ1n) is 16.7. The molecule has 0 unspecified atom stereocenters. The second-order valence-corrected chi connectivity index (χ2v) is 13.8. The molecule has 3 saturated heterocycles. The van der Waals surface area contributed by atoms with Crippen molar-refractivity contribution in [3.8, 4) is 5.75 Å². The van der Waals surface area contributed by atoms with Crippen molar-refractivity contribution in [2.45, 2.75) is 82.5 Å². The van der Waals surface area contributed by atoms with Gasteiger partial charge >= 0.3 is 0 Å². The Morgan fingerprint density at radius 2 is 1.89 bits per heavy atom. The molecule has 0 radical (unpaired) electrons. The molecule has 5 atom stereocenters. The number of piperidine rings is 1. The summed E-state index contributed by atoms with van der Waals surface area (Å²) in [5, 5.41) is 9.98. The maximum absolute atomic E-state index is 14.7. The number of likely N-dealkylation sites (tertiary alicyclic amines) is 1. The predicted molar refractivity (Wildman–Crippen MR) is 177 cm³/mol. The first kappa shape index (κ1) is 32.3. The Hall–Kier alpha value is -3.69. The van der Waals surface area contributed by atoms with Crippen molar-refractivity contribution in [3.63, 3.8) is 0 Å². The monoisotopic (exact) mass is 629 g/mol. The van der Waals surface area contributed by atoms with Crippen LogP contribution in [0, 0.1) is 11.8 Å². The first-order valence-corrected chi connectivity index (χ1v) is 16.7. The molecule has 3 fully saturated rings. The van der Waals surface area contributed by atoms with Gasteiger partial charge in [0.1, 0.15) is 5.75 Å². The Balaban J connectivity index is 1.47. The van der Waals surface area contributed by atoms with Gasteiger partial charge in [0.05, 0.1) is 38.0 Å². The van der Waals surface area contributed by atoms with Crippen molar-refractivity contribution in [1.29, 1.82) is 0 Å². The lowest BCUT2D eigenvalue weighted by Gasteiger charge is -2.39. The van der Waals surface area contributed by atoms with E-state index < -0.39 is 17.1 Å². The molecule has 1 spiro atoms. The van der Waals surface area contributed by atoms with Crippen LogP contribution in [-0.2, 0) is 30.1 Å². The highest BCUT2D eigenvalue weighted by Gasteiger charge is 2.66. The molecule has 46 heavy (non-hydrogen) atoms. The number of hydrogen-bond acceptors (Lipinski definition) is 6. The molecule has 3 amide bonds. The maximum atomic E-state index is 14.7. The van der Waals surface area contributed by atoms with Gasteiger partial charge in [-0.25, -0.2) is 0 Å². The number of rotatable bonds is 9. The van der Waals surface area contributed by atoms with Crippen molar-refractivity contribution < 1.29 is 29.0 Å². The Bertz CT molecular complexity index is 1500. The highest BCUT2D eigenvalue weighted by atomic mass is 16.5. The van der Waals surface area contributed by atoms with Gasteiger partial charge < -0.3 is 29.3 Å². The van der Waals surface area contributed by atoms with Gasteiger partial charge in [0.2, 0.25) is 11.8 Å². The summed E-state index contributed by atoms with van der Waals surface area (Å²) in [6, 6.07) is 13.6. The number of nitrogens with zero attached hydrogens (tertiary/aromatic N) is 3. The smallest absolute Gasteiger partial charge is 0.264 e. The number of carbonyl (C=O) groups is 3. The molecule has 0 saturated carbocycles. The standard InChI is InChI=1S/C37H47N3O6/c1-6-18-40-30-17-14-26(38-19-8-7-11-32(38)42)21-29(30)37(35(40)44)24(2)34(36(3,4)25-12-15-28(45-5)16-13-25)31(46-37)22-33(43)39-20-9-10-27(39)23-41/h6,12-17,21,24,27,31,34,41H,1,7-11,18-20,22-23H2,2-5H3/t24-,27-,31+,34-,37+/m0/s1. The number of methoxy groups -OCH3 is 1. The fourth-order valence-corrected chi connectivity index (χ4v) is 8.70. The summed E-state index contributed by atoms with van der Waals surface area (Å²) in [6.45, 7) is 11.8. The molecular formula is C37H47N3O6. The van der Waals surface area contributed by atoms with Crippen LogP contribution in [0.5, 0.6) is 5.75 Å². The first-order chi connectivity index (χ1) is 22.1. The Kier molecular flexibility index (Phi) is 8.76. The van der Waals surface area contributed by atoms with Crippen LogP contribution in [0.1, 0.15) is 70.4 Å². The van der Waals surface area contributed by atoms with Crippen LogP contribution < -0.4 is 14.5 Å². The van der Waals surface area contributed by atoms with Crippen LogP contribution in [-0.4, -0.2) is 73.2 Å². The molecule has 0 aliphatic carbocycles. The molecule has 1 N–H and O–H groups in total. The Morgan fingerprint density at radius 1 is 1.13 bits per heavy atom. The fourth-order valence-electron chi connectivity index (χ4n) is 8.70. The average Bonchev–Trinajstić information content (AvgIpc) is 3.72. The van der Waals surface area contributed by atoms with E-state index >= 15 is 0 Å². The molecular weight excluding hydrogens is 582 g/mol. The molecule has 2 aromatic rings. The van der Waals surface area contributed by atoms with E-state index in [0.29, 0.717) is 26.1 Å². The van der Waals surface area contributed by atoms with E-state index in [9.17, 15) is 19.5 Å². The van der Waals surface area contributed by atoms with Crippen LogP contribution in [0.25, 0.3) is 0 Å². The SMILES string of the molecule is C=CCN1C(=O)[C@]2(O[C@H](CC(=O)N3CCC[C@H]3CO)[C@@H](C(C)(C)c3ccc(OC)cc3)[C@@H]2C)c2cc(N3CCCCC3=O)ccc21. The predicted octanol–water partition coefficient (Wildman–Crippen LogP) is 4.94. The second kappa shape index (κ2) is 12.5. The number of anilines is 2. The number of benzene rings is 2. The van der Waals surface area contributed by atoms with E-state index in [-0.39, 0.29) is 48.6 Å². The molecule has 246 valence electrons. The van der Waals surface area contributed by atoms with E-state index in [1.165, 1.54) is 0 Å². The summed E-state index contributed by atoms with van der Waals surface area (Å²) in [5.41, 5.74) is 1.45. The minimum absolute atomic E-state index is 0.0670. The van der Waals surface area contributed by atoms with Crippen LogP contribution in [0.3, 0.4) is 0 Å².